The van der Waals surface area contributed by atoms with Crippen LogP contribution in [0.25, 0.3) is 0 Å². The van der Waals surface area contributed by atoms with Gasteiger partial charge >= 0.3 is 5.97 Å². The molecule has 10 heteroatoms. The number of amides is 3. The van der Waals surface area contributed by atoms with Crippen LogP contribution in [-0.2, 0) is 30.5 Å². The zero-order valence-electron chi connectivity index (χ0n) is 24.5. The fraction of sp³-hybridized carbons (Fsp3) is 0.600. The van der Waals surface area contributed by atoms with Gasteiger partial charge < -0.3 is 30.9 Å². The highest BCUT2D eigenvalue weighted by Gasteiger charge is 2.43. The van der Waals surface area contributed by atoms with Crippen molar-refractivity contribution in [1.29, 1.82) is 0 Å². The van der Waals surface area contributed by atoms with E-state index in [0.29, 0.717) is 12.3 Å². The molecule has 2 unspecified atom stereocenters. The van der Waals surface area contributed by atoms with E-state index in [1.165, 1.54) is 6.08 Å². The Morgan fingerprint density at radius 2 is 1.70 bits per heavy atom. The first-order chi connectivity index (χ1) is 18.6. The molecule has 1 heterocycles. The summed E-state index contributed by atoms with van der Waals surface area (Å²) in [5, 5.41) is 26.3. The molecule has 0 bridgehead atoms. The number of carboxylic acids is 1. The van der Waals surface area contributed by atoms with Crippen molar-refractivity contribution in [1.82, 2.24) is 16.0 Å². The van der Waals surface area contributed by atoms with Crippen molar-refractivity contribution in [2.24, 2.45) is 16.7 Å². The molecule has 5 N–H and O–H groups in total. The molecule has 1 saturated heterocycles. The molecule has 3 amide bonds. The number of allylic oxidation sites excluding steroid dienone is 1. The third-order valence-electron chi connectivity index (χ3n) is 6.82. The van der Waals surface area contributed by atoms with Crippen LogP contribution in [0.1, 0.15) is 78.0 Å². The number of nitrogens with one attached hydrogen (secondary N) is 3. The Morgan fingerprint density at radius 1 is 1.05 bits per heavy atom. The lowest BCUT2D eigenvalue weighted by Gasteiger charge is -2.29. The molecule has 1 fully saturated rings. The summed E-state index contributed by atoms with van der Waals surface area (Å²) in [4.78, 5) is 48.5. The molecular formula is C30H45N3O7. The first kappa shape index (κ1) is 33.0. The van der Waals surface area contributed by atoms with Gasteiger partial charge in [-0.15, -0.1) is 0 Å². The van der Waals surface area contributed by atoms with Crippen LogP contribution in [0.5, 0.6) is 0 Å². The predicted octanol–water partition coefficient (Wildman–Crippen LogP) is 2.86. The van der Waals surface area contributed by atoms with Gasteiger partial charge in [-0.1, -0.05) is 58.0 Å². The standard InChI is InChI=1S/C30H45N3O7/c1-19(25-26(40-25)21-13-11-20(17-34)12-14-21)9-7-8-10-23(35)31-16-24(36)32-18-30(5,6)28(39)33-22(27(37)38)15-29(2,3)4/h8,10-14,19,22,25-26,34H,7,9,15-18H2,1-6H3,(H,31,35)(H,32,36)(H,33,39)(H,37,38)/b10-8+/t19-,22-,25?,26?/m0/s1. The van der Waals surface area contributed by atoms with Crippen LogP contribution in [0, 0.1) is 16.7 Å². The number of carbonyl (C=O) groups is 4. The predicted molar refractivity (Wildman–Crippen MR) is 151 cm³/mol. The Hall–Kier alpha value is -3.24. The van der Waals surface area contributed by atoms with E-state index in [0.717, 1.165) is 17.5 Å². The number of epoxide rings is 1. The minimum absolute atomic E-state index is 0.0149. The summed E-state index contributed by atoms with van der Waals surface area (Å²) in [6.07, 6.45) is 5.16. The molecule has 2 rings (SSSR count). The molecule has 1 aromatic carbocycles. The van der Waals surface area contributed by atoms with Gasteiger partial charge in [0.25, 0.3) is 0 Å². The highest BCUT2D eigenvalue weighted by Crippen LogP contribution is 2.44. The van der Waals surface area contributed by atoms with Crippen molar-refractivity contribution in [2.45, 2.75) is 85.7 Å². The lowest BCUT2D eigenvalue weighted by Crippen LogP contribution is -2.51. The Bertz CT molecular complexity index is 1060. The Kier molecular flexibility index (Phi) is 11.9. The number of rotatable bonds is 15. The van der Waals surface area contributed by atoms with Gasteiger partial charge in [0, 0.05) is 6.54 Å². The number of aliphatic carboxylic acids is 1. The number of benzene rings is 1. The lowest BCUT2D eigenvalue weighted by molar-refractivity contribution is -0.144. The Labute approximate surface area is 236 Å². The highest BCUT2D eigenvalue weighted by molar-refractivity contribution is 5.91. The van der Waals surface area contributed by atoms with E-state index in [4.69, 9.17) is 9.84 Å². The molecule has 1 aromatic rings. The number of ether oxygens (including phenoxy) is 1. The fourth-order valence-electron chi connectivity index (χ4n) is 4.21. The van der Waals surface area contributed by atoms with Gasteiger partial charge in [0.2, 0.25) is 17.7 Å². The van der Waals surface area contributed by atoms with Crippen molar-refractivity contribution in [3.8, 4) is 0 Å². The molecule has 0 saturated carbocycles. The average Bonchev–Trinajstić information content (AvgIpc) is 3.68. The van der Waals surface area contributed by atoms with Gasteiger partial charge in [-0.25, -0.2) is 4.79 Å². The first-order valence-electron chi connectivity index (χ1n) is 13.7. The summed E-state index contributed by atoms with van der Waals surface area (Å²) in [7, 11) is 0. The van der Waals surface area contributed by atoms with Crippen LogP contribution in [0.2, 0.25) is 0 Å². The summed E-state index contributed by atoms with van der Waals surface area (Å²) in [6, 6.07) is 6.71. The normalized spacial score (nSPS) is 18.6. The van der Waals surface area contributed by atoms with Crippen molar-refractivity contribution in [3.63, 3.8) is 0 Å². The van der Waals surface area contributed by atoms with Crippen molar-refractivity contribution < 1.29 is 34.1 Å². The van der Waals surface area contributed by atoms with Crippen molar-refractivity contribution in [2.75, 3.05) is 13.1 Å². The molecule has 10 nitrogen and oxygen atoms in total. The number of carboxylic acid groups (broad SMARTS) is 1. The number of hydrogen-bond donors (Lipinski definition) is 5. The van der Waals surface area contributed by atoms with Crippen LogP contribution in [0.3, 0.4) is 0 Å². The minimum Gasteiger partial charge on any atom is -0.480 e. The number of hydrogen-bond acceptors (Lipinski definition) is 6. The third-order valence-corrected chi connectivity index (χ3v) is 6.82. The van der Waals surface area contributed by atoms with E-state index in [9.17, 15) is 24.3 Å². The zero-order chi connectivity index (χ0) is 30.1. The molecule has 0 spiro atoms. The summed E-state index contributed by atoms with van der Waals surface area (Å²) < 4.78 is 5.83. The van der Waals surface area contributed by atoms with Gasteiger partial charge in [0.05, 0.1) is 24.7 Å². The highest BCUT2D eigenvalue weighted by atomic mass is 16.6. The van der Waals surface area contributed by atoms with E-state index < -0.39 is 35.1 Å². The molecule has 0 aromatic heterocycles. The number of carbonyl (C=O) groups excluding carboxylic acids is 3. The molecule has 0 aliphatic carbocycles. The van der Waals surface area contributed by atoms with Crippen LogP contribution in [-0.4, -0.2) is 59.1 Å². The lowest BCUT2D eigenvalue weighted by atomic mass is 9.86. The third kappa shape index (κ3) is 11.1. The molecule has 4 atom stereocenters. The maximum atomic E-state index is 12.7. The maximum Gasteiger partial charge on any atom is 0.326 e. The van der Waals surface area contributed by atoms with Gasteiger partial charge in [-0.2, -0.15) is 0 Å². The minimum atomic E-state index is -1.11. The van der Waals surface area contributed by atoms with Crippen LogP contribution in [0.15, 0.2) is 36.4 Å². The number of aliphatic hydroxyl groups excluding tert-OH is 1. The number of aliphatic hydroxyl groups is 1. The van der Waals surface area contributed by atoms with E-state index in [1.54, 1.807) is 19.9 Å². The van der Waals surface area contributed by atoms with E-state index in [2.05, 4.69) is 22.9 Å². The molecule has 40 heavy (non-hydrogen) atoms. The molecular weight excluding hydrogens is 514 g/mol. The topological polar surface area (TPSA) is 157 Å². The van der Waals surface area contributed by atoms with Crippen LogP contribution < -0.4 is 16.0 Å². The van der Waals surface area contributed by atoms with Crippen molar-refractivity contribution in [3.05, 3.63) is 47.5 Å². The van der Waals surface area contributed by atoms with E-state index >= 15 is 0 Å². The summed E-state index contributed by atoms with van der Waals surface area (Å²) in [5.41, 5.74) is 0.623. The van der Waals surface area contributed by atoms with Crippen molar-refractivity contribution >= 4 is 23.7 Å². The second-order valence-electron chi connectivity index (χ2n) is 12.4. The monoisotopic (exact) mass is 559 g/mol. The SMILES string of the molecule is C[C@@H](CC/C=C/C(=O)NCC(=O)NCC(C)(C)C(=O)N[C@@H](CC(C)(C)C)C(=O)O)C1OC1c1ccc(CO)cc1. The van der Waals surface area contributed by atoms with Gasteiger partial charge in [-0.3, -0.25) is 14.4 Å². The van der Waals surface area contributed by atoms with Gasteiger partial charge in [-0.05, 0) is 61.6 Å². The van der Waals surface area contributed by atoms with Gasteiger partial charge in [0.1, 0.15) is 12.1 Å². The average molecular weight is 560 g/mol. The summed E-state index contributed by atoms with van der Waals surface area (Å²) >= 11 is 0. The summed E-state index contributed by atoms with van der Waals surface area (Å²) in [6.45, 7) is 10.8. The van der Waals surface area contributed by atoms with E-state index in [1.807, 2.05) is 45.0 Å². The summed E-state index contributed by atoms with van der Waals surface area (Å²) in [5.74, 6) is -2.13. The second kappa shape index (κ2) is 14.4. The Morgan fingerprint density at radius 3 is 2.27 bits per heavy atom. The molecule has 0 radical (unpaired) electrons. The van der Waals surface area contributed by atoms with Crippen LogP contribution >= 0.6 is 0 Å². The quantitative estimate of drug-likeness (QED) is 0.163. The molecule has 1 aliphatic heterocycles. The van der Waals surface area contributed by atoms with E-state index in [-0.39, 0.29) is 43.7 Å². The zero-order valence-corrected chi connectivity index (χ0v) is 24.5. The molecule has 1 aliphatic rings. The fourth-order valence-corrected chi connectivity index (χ4v) is 4.21. The van der Waals surface area contributed by atoms with Crippen LogP contribution in [0.4, 0.5) is 0 Å². The Balaban J connectivity index is 1.67. The van der Waals surface area contributed by atoms with Gasteiger partial charge in [0.15, 0.2) is 0 Å². The second-order valence-corrected chi connectivity index (χ2v) is 12.4. The maximum absolute atomic E-state index is 12.7. The largest absolute Gasteiger partial charge is 0.480 e. The first-order valence-corrected chi connectivity index (χ1v) is 13.7. The smallest absolute Gasteiger partial charge is 0.326 e. The molecule has 222 valence electrons.